The van der Waals surface area contributed by atoms with Gasteiger partial charge in [0.2, 0.25) is 0 Å². The van der Waals surface area contributed by atoms with Gasteiger partial charge in [-0.15, -0.1) is 0 Å². The first-order valence-electron chi connectivity index (χ1n) is 9.88. The van der Waals surface area contributed by atoms with Crippen LogP contribution in [0.15, 0.2) is 24.3 Å². The van der Waals surface area contributed by atoms with Gasteiger partial charge in [-0.25, -0.2) is 9.18 Å². The highest BCUT2D eigenvalue weighted by atomic mass is 19.1. The van der Waals surface area contributed by atoms with Crippen molar-refractivity contribution in [3.8, 4) is 0 Å². The van der Waals surface area contributed by atoms with Crippen molar-refractivity contribution in [2.75, 3.05) is 50.7 Å². The van der Waals surface area contributed by atoms with Gasteiger partial charge in [-0.05, 0) is 68.5 Å². The minimum absolute atomic E-state index is 0.0563. The van der Waals surface area contributed by atoms with Gasteiger partial charge in [0, 0.05) is 38.4 Å². The molecule has 2 fully saturated rings. The molecule has 144 valence electrons. The van der Waals surface area contributed by atoms with Gasteiger partial charge < -0.3 is 20.4 Å². The van der Waals surface area contributed by atoms with Crippen LogP contribution in [0, 0.1) is 17.7 Å². The van der Waals surface area contributed by atoms with Crippen molar-refractivity contribution < 1.29 is 9.18 Å². The number of hydrogen-bond donors (Lipinski definition) is 2. The Kier molecular flexibility index (Phi) is 6.72. The largest absolute Gasteiger partial charge is 0.371 e. The van der Waals surface area contributed by atoms with Crippen LogP contribution in [0.3, 0.4) is 0 Å². The van der Waals surface area contributed by atoms with E-state index in [1.165, 1.54) is 25.0 Å². The number of halogens is 1. The summed E-state index contributed by atoms with van der Waals surface area (Å²) >= 11 is 0. The quantitative estimate of drug-likeness (QED) is 0.784. The fourth-order valence-electron chi connectivity index (χ4n) is 4.02. The first kappa shape index (κ1) is 19.0. The molecule has 6 heteroatoms. The third kappa shape index (κ3) is 5.34. The van der Waals surface area contributed by atoms with Crippen LogP contribution >= 0.6 is 0 Å². The summed E-state index contributed by atoms with van der Waals surface area (Å²) in [4.78, 5) is 16.8. The van der Waals surface area contributed by atoms with Crippen molar-refractivity contribution in [2.24, 2.45) is 11.8 Å². The molecule has 2 saturated heterocycles. The molecule has 0 bridgehead atoms. The van der Waals surface area contributed by atoms with Crippen LogP contribution in [-0.4, -0.2) is 56.7 Å². The van der Waals surface area contributed by atoms with Crippen molar-refractivity contribution in [3.05, 3.63) is 30.1 Å². The van der Waals surface area contributed by atoms with Crippen LogP contribution in [0.1, 0.15) is 26.2 Å². The molecule has 26 heavy (non-hydrogen) atoms. The third-order valence-electron chi connectivity index (χ3n) is 5.49. The van der Waals surface area contributed by atoms with Crippen molar-refractivity contribution in [3.63, 3.8) is 0 Å². The number of nitrogens with one attached hydrogen (secondary N) is 2. The summed E-state index contributed by atoms with van der Waals surface area (Å²) in [6.45, 7) is 8.94. The molecule has 2 N–H and O–H groups in total. The summed E-state index contributed by atoms with van der Waals surface area (Å²) in [5, 5.41) is 6.04. The highest BCUT2D eigenvalue weighted by Crippen LogP contribution is 2.23. The van der Waals surface area contributed by atoms with Gasteiger partial charge in [-0.3, -0.25) is 0 Å². The molecular weight excluding hydrogens is 331 g/mol. The van der Waals surface area contributed by atoms with E-state index in [0.29, 0.717) is 18.4 Å². The standard InChI is InChI=1S/C20H31FN4O/c1-2-9-24-10-7-16(14-24)12-22-20(26)23-13-17-8-11-25(15-17)19-5-3-18(21)4-6-19/h3-6,16-17H,2,7-15H2,1H3,(H2,22,23,26)/t16-,17-/m0/s1. The van der Waals surface area contributed by atoms with E-state index in [0.717, 1.165) is 51.4 Å². The number of likely N-dealkylation sites (tertiary alicyclic amines) is 1. The Hall–Kier alpha value is -1.82. The van der Waals surface area contributed by atoms with Gasteiger partial charge in [-0.1, -0.05) is 6.92 Å². The van der Waals surface area contributed by atoms with E-state index < -0.39 is 0 Å². The second kappa shape index (κ2) is 9.21. The fourth-order valence-corrected chi connectivity index (χ4v) is 4.02. The molecule has 2 aliphatic rings. The Morgan fingerprint density at radius 1 is 1.08 bits per heavy atom. The summed E-state index contributed by atoms with van der Waals surface area (Å²) in [7, 11) is 0. The predicted molar refractivity (Wildman–Crippen MR) is 103 cm³/mol. The smallest absolute Gasteiger partial charge is 0.314 e. The van der Waals surface area contributed by atoms with E-state index >= 15 is 0 Å². The van der Waals surface area contributed by atoms with Crippen molar-refractivity contribution in [2.45, 2.75) is 26.2 Å². The maximum Gasteiger partial charge on any atom is 0.314 e. The number of carbonyl (C=O) groups is 1. The number of anilines is 1. The van der Waals surface area contributed by atoms with Gasteiger partial charge in [0.15, 0.2) is 0 Å². The third-order valence-corrected chi connectivity index (χ3v) is 5.49. The first-order chi connectivity index (χ1) is 12.6. The van der Waals surface area contributed by atoms with E-state index in [-0.39, 0.29) is 11.8 Å². The number of hydrogen-bond acceptors (Lipinski definition) is 3. The Bertz CT molecular complexity index is 580. The average Bonchev–Trinajstić information content (AvgIpc) is 3.29. The van der Waals surface area contributed by atoms with Gasteiger partial charge in [0.25, 0.3) is 0 Å². The second-order valence-electron chi connectivity index (χ2n) is 7.62. The van der Waals surface area contributed by atoms with Crippen LogP contribution in [0.2, 0.25) is 0 Å². The molecule has 0 unspecified atom stereocenters. The lowest BCUT2D eigenvalue weighted by Gasteiger charge is -2.19. The van der Waals surface area contributed by atoms with Crippen molar-refractivity contribution >= 4 is 11.7 Å². The summed E-state index contributed by atoms with van der Waals surface area (Å²) in [5.41, 5.74) is 1.05. The molecule has 3 rings (SSSR count). The molecule has 2 heterocycles. The zero-order valence-electron chi connectivity index (χ0n) is 15.7. The topological polar surface area (TPSA) is 47.6 Å². The van der Waals surface area contributed by atoms with Gasteiger partial charge in [0.05, 0.1) is 0 Å². The molecule has 1 aromatic rings. The fraction of sp³-hybridized carbons (Fsp3) is 0.650. The summed E-state index contributed by atoms with van der Waals surface area (Å²) < 4.78 is 13.0. The lowest BCUT2D eigenvalue weighted by atomic mass is 10.1. The molecule has 0 saturated carbocycles. The van der Waals surface area contributed by atoms with E-state index in [4.69, 9.17) is 0 Å². The van der Waals surface area contributed by atoms with E-state index in [1.807, 2.05) is 12.1 Å². The number of rotatable bonds is 7. The first-order valence-corrected chi connectivity index (χ1v) is 9.88. The van der Waals surface area contributed by atoms with E-state index in [2.05, 4.69) is 27.4 Å². The van der Waals surface area contributed by atoms with E-state index in [9.17, 15) is 9.18 Å². The van der Waals surface area contributed by atoms with Crippen LogP contribution < -0.4 is 15.5 Å². The van der Waals surface area contributed by atoms with Crippen LogP contribution in [0.4, 0.5) is 14.9 Å². The van der Waals surface area contributed by atoms with Crippen LogP contribution in [0.25, 0.3) is 0 Å². The SMILES string of the molecule is CCCN1CC[C@@H](CNC(=O)NC[C@@H]2CCN(c3ccc(F)cc3)C2)C1. The minimum Gasteiger partial charge on any atom is -0.371 e. The summed E-state index contributed by atoms with van der Waals surface area (Å²) in [5.74, 6) is 0.813. The zero-order chi connectivity index (χ0) is 18.4. The minimum atomic E-state index is -0.206. The van der Waals surface area contributed by atoms with Crippen LogP contribution in [-0.2, 0) is 0 Å². The highest BCUT2D eigenvalue weighted by Gasteiger charge is 2.24. The predicted octanol–water partition coefficient (Wildman–Crippen LogP) is 2.68. The number of amides is 2. The number of benzene rings is 1. The second-order valence-corrected chi connectivity index (χ2v) is 7.62. The maximum atomic E-state index is 13.0. The van der Waals surface area contributed by atoms with E-state index in [1.54, 1.807) is 0 Å². The molecule has 0 aliphatic carbocycles. The molecule has 1 aromatic carbocycles. The Morgan fingerprint density at radius 3 is 2.42 bits per heavy atom. The number of carbonyl (C=O) groups excluding carboxylic acids is 1. The van der Waals surface area contributed by atoms with Gasteiger partial charge in [-0.2, -0.15) is 0 Å². The van der Waals surface area contributed by atoms with Gasteiger partial charge >= 0.3 is 6.03 Å². The Labute approximate surface area is 155 Å². The average molecular weight is 362 g/mol. The molecule has 0 aromatic heterocycles. The number of urea groups is 1. The highest BCUT2D eigenvalue weighted by molar-refractivity contribution is 5.73. The van der Waals surface area contributed by atoms with Crippen molar-refractivity contribution in [1.82, 2.24) is 15.5 Å². The molecule has 2 atom stereocenters. The molecule has 0 spiro atoms. The monoisotopic (exact) mass is 362 g/mol. The lowest BCUT2D eigenvalue weighted by Crippen LogP contribution is -2.41. The molecule has 0 radical (unpaired) electrons. The molecule has 2 amide bonds. The summed E-state index contributed by atoms with van der Waals surface area (Å²) in [6, 6.07) is 6.58. The molecule has 5 nitrogen and oxygen atoms in total. The van der Waals surface area contributed by atoms with Crippen LogP contribution in [0.5, 0.6) is 0 Å². The molecular formula is C20H31FN4O. The Morgan fingerprint density at radius 2 is 1.73 bits per heavy atom. The normalized spacial score (nSPS) is 23.4. The summed E-state index contributed by atoms with van der Waals surface area (Å²) in [6.07, 6.45) is 3.42. The lowest BCUT2D eigenvalue weighted by molar-refractivity contribution is 0.237. The molecule has 2 aliphatic heterocycles. The Balaban J connectivity index is 1.32. The number of nitrogens with zero attached hydrogens (tertiary/aromatic N) is 2. The zero-order valence-corrected chi connectivity index (χ0v) is 15.7. The maximum absolute atomic E-state index is 13.0. The van der Waals surface area contributed by atoms with Gasteiger partial charge in [0.1, 0.15) is 5.82 Å². The van der Waals surface area contributed by atoms with Crippen molar-refractivity contribution in [1.29, 1.82) is 0 Å².